The fourth-order valence-electron chi connectivity index (χ4n) is 2.53. The lowest BCUT2D eigenvalue weighted by molar-refractivity contribution is -0.385. The maximum atomic E-state index is 13.7. The van der Waals surface area contributed by atoms with Crippen LogP contribution in [0, 0.1) is 40.3 Å². The summed E-state index contributed by atoms with van der Waals surface area (Å²) < 4.78 is 56.1. The second kappa shape index (κ2) is 7.69. The Hall–Kier alpha value is -3.77. The topological polar surface area (TPSA) is 108 Å². The molecule has 9 nitrogen and oxygen atoms in total. The number of amides is 1. The highest BCUT2D eigenvalue weighted by Gasteiger charge is 2.20. The third-order valence-corrected chi connectivity index (χ3v) is 4.00. The van der Waals surface area contributed by atoms with E-state index in [0.717, 1.165) is 15.6 Å². The molecule has 3 rings (SSSR count). The smallest absolute Gasteiger partial charge is 0.308 e. The summed E-state index contributed by atoms with van der Waals surface area (Å²) in [4.78, 5) is 22.2. The van der Waals surface area contributed by atoms with Gasteiger partial charge in [0.1, 0.15) is 18.4 Å². The van der Waals surface area contributed by atoms with E-state index in [0.29, 0.717) is 0 Å². The van der Waals surface area contributed by atoms with E-state index in [4.69, 9.17) is 0 Å². The molecule has 2 aromatic heterocycles. The molecule has 0 saturated heterocycles. The molecule has 0 radical (unpaired) electrons. The number of rotatable bonds is 6. The van der Waals surface area contributed by atoms with Crippen molar-refractivity contribution in [2.75, 3.05) is 5.32 Å². The molecule has 29 heavy (non-hydrogen) atoms. The molecule has 152 valence electrons. The highest BCUT2D eigenvalue weighted by molar-refractivity contribution is 5.89. The molecular weight excluding hydrogens is 400 g/mol. The van der Waals surface area contributed by atoms with E-state index in [1.807, 2.05) is 0 Å². The van der Waals surface area contributed by atoms with Crippen LogP contribution in [-0.4, -0.2) is 30.4 Å². The van der Waals surface area contributed by atoms with E-state index >= 15 is 0 Å². The molecule has 0 spiro atoms. The van der Waals surface area contributed by atoms with Gasteiger partial charge < -0.3 is 5.32 Å². The number of anilines is 1. The van der Waals surface area contributed by atoms with Crippen molar-refractivity contribution >= 4 is 17.4 Å². The summed E-state index contributed by atoms with van der Waals surface area (Å²) in [5.41, 5.74) is -0.925. The minimum absolute atomic E-state index is 0.00741. The number of benzene rings is 1. The number of hydrogen-bond donors (Lipinski definition) is 1. The van der Waals surface area contributed by atoms with Crippen LogP contribution in [0.1, 0.15) is 11.3 Å². The van der Waals surface area contributed by atoms with Crippen molar-refractivity contribution in [2.45, 2.75) is 20.0 Å². The summed E-state index contributed by atoms with van der Waals surface area (Å²) in [6.07, 6.45) is 2.25. The lowest BCUT2D eigenvalue weighted by Gasteiger charge is -2.07. The summed E-state index contributed by atoms with van der Waals surface area (Å²) in [6.45, 7) is 0.464. The Kier molecular flexibility index (Phi) is 5.30. The first kappa shape index (κ1) is 20.0. The fourth-order valence-corrected chi connectivity index (χ4v) is 2.53. The van der Waals surface area contributed by atoms with Crippen LogP contribution < -0.4 is 5.32 Å². The van der Waals surface area contributed by atoms with Crippen LogP contribution in [0.5, 0.6) is 0 Å². The van der Waals surface area contributed by atoms with Crippen molar-refractivity contribution in [1.29, 1.82) is 0 Å². The monoisotopic (exact) mass is 412 g/mol. The molecule has 1 amide bonds. The molecular formula is C16H12F4N6O3. The van der Waals surface area contributed by atoms with Crippen molar-refractivity contribution in [2.24, 2.45) is 0 Å². The first-order valence-corrected chi connectivity index (χ1v) is 7.99. The predicted octanol–water partition coefficient (Wildman–Crippen LogP) is 2.54. The zero-order valence-electron chi connectivity index (χ0n) is 14.7. The van der Waals surface area contributed by atoms with Crippen LogP contribution in [-0.2, 0) is 17.9 Å². The van der Waals surface area contributed by atoms with E-state index in [9.17, 15) is 32.5 Å². The highest BCUT2D eigenvalue weighted by atomic mass is 19.2. The Balaban J connectivity index is 1.70. The van der Waals surface area contributed by atoms with Crippen LogP contribution in [0.25, 0.3) is 0 Å². The van der Waals surface area contributed by atoms with Gasteiger partial charge >= 0.3 is 5.69 Å². The molecule has 0 fully saturated rings. The normalized spacial score (nSPS) is 10.9. The summed E-state index contributed by atoms with van der Waals surface area (Å²) in [6, 6.07) is 1.40. The molecule has 0 aliphatic rings. The van der Waals surface area contributed by atoms with Crippen molar-refractivity contribution in [3.8, 4) is 0 Å². The van der Waals surface area contributed by atoms with Gasteiger partial charge in [-0.15, -0.1) is 0 Å². The number of aromatic nitrogens is 4. The molecule has 13 heteroatoms. The minimum Gasteiger partial charge on any atom is -0.308 e. The average molecular weight is 412 g/mol. The van der Waals surface area contributed by atoms with Gasteiger partial charge in [0.25, 0.3) is 0 Å². The van der Waals surface area contributed by atoms with Gasteiger partial charge in [-0.25, -0.2) is 17.6 Å². The molecule has 3 aromatic rings. The van der Waals surface area contributed by atoms with Crippen molar-refractivity contribution in [3.63, 3.8) is 0 Å². The summed E-state index contributed by atoms with van der Waals surface area (Å²) in [5, 5.41) is 20.8. The van der Waals surface area contributed by atoms with Gasteiger partial charge in [0.05, 0.1) is 17.0 Å². The number of carbonyl (C=O) groups is 1. The van der Waals surface area contributed by atoms with Crippen molar-refractivity contribution in [3.05, 3.63) is 69.2 Å². The van der Waals surface area contributed by atoms with Gasteiger partial charge in [-0.05, 0) is 6.92 Å². The standard InChI is InChI=1S/C16H12F4N6O3/c1-8-12(26(28)29)5-21-25(8)7-14(27)22-13-2-3-24(23-13)6-9-15(19)10(17)4-11(18)16(9)20/h2-5H,6-7H2,1H3,(H,22,23,27). The number of nitro groups is 1. The number of carbonyl (C=O) groups excluding carboxylic acids is 1. The largest absolute Gasteiger partial charge is 0.309 e. The molecule has 0 aliphatic heterocycles. The molecule has 0 bridgehead atoms. The molecule has 2 heterocycles. The first-order chi connectivity index (χ1) is 13.7. The van der Waals surface area contributed by atoms with Gasteiger partial charge in [0, 0.05) is 18.3 Å². The molecule has 0 aliphatic carbocycles. The van der Waals surface area contributed by atoms with Crippen LogP contribution in [0.3, 0.4) is 0 Å². The van der Waals surface area contributed by atoms with Crippen molar-refractivity contribution < 1.29 is 27.3 Å². The summed E-state index contributed by atoms with van der Waals surface area (Å²) in [7, 11) is 0. The lowest BCUT2D eigenvalue weighted by Crippen LogP contribution is -2.20. The lowest BCUT2D eigenvalue weighted by atomic mass is 10.2. The van der Waals surface area contributed by atoms with Gasteiger partial charge in [0.2, 0.25) is 5.91 Å². The fraction of sp³-hybridized carbons (Fsp3) is 0.188. The Morgan fingerprint density at radius 1 is 1.24 bits per heavy atom. The third-order valence-electron chi connectivity index (χ3n) is 4.00. The zero-order chi connectivity index (χ0) is 21.3. The van der Waals surface area contributed by atoms with Crippen LogP contribution >= 0.6 is 0 Å². The van der Waals surface area contributed by atoms with Crippen LogP contribution in [0.2, 0.25) is 0 Å². The average Bonchev–Trinajstić information content (AvgIpc) is 3.24. The Morgan fingerprint density at radius 2 is 1.90 bits per heavy atom. The molecule has 1 aromatic carbocycles. The number of halogens is 4. The molecule has 0 unspecified atom stereocenters. The van der Waals surface area contributed by atoms with Gasteiger partial charge in [-0.1, -0.05) is 0 Å². The van der Waals surface area contributed by atoms with Crippen LogP contribution in [0.4, 0.5) is 29.1 Å². The SMILES string of the molecule is Cc1c([N+](=O)[O-])cnn1CC(=O)Nc1ccn(Cc2c(F)c(F)cc(F)c2F)n1. The first-order valence-electron chi connectivity index (χ1n) is 7.99. The van der Waals surface area contributed by atoms with Gasteiger partial charge in [-0.3, -0.25) is 24.3 Å². The molecule has 1 N–H and O–H groups in total. The number of nitrogens with zero attached hydrogens (tertiary/aromatic N) is 5. The van der Waals surface area contributed by atoms with Crippen molar-refractivity contribution in [1.82, 2.24) is 19.6 Å². The van der Waals surface area contributed by atoms with E-state index < -0.39 is 46.2 Å². The zero-order valence-corrected chi connectivity index (χ0v) is 14.7. The maximum absolute atomic E-state index is 13.7. The Labute approximate surface area is 159 Å². The predicted molar refractivity (Wildman–Crippen MR) is 89.9 cm³/mol. The maximum Gasteiger partial charge on any atom is 0.309 e. The summed E-state index contributed by atoms with van der Waals surface area (Å²) in [5.74, 6) is -6.79. The molecule has 0 atom stereocenters. The van der Waals surface area contributed by atoms with Gasteiger partial charge in [-0.2, -0.15) is 10.2 Å². The second-order valence-electron chi connectivity index (χ2n) is 5.92. The summed E-state index contributed by atoms with van der Waals surface area (Å²) >= 11 is 0. The van der Waals surface area contributed by atoms with E-state index in [1.165, 1.54) is 19.2 Å². The number of nitrogens with one attached hydrogen (secondary N) is 1. The Bertz CT molecular complexity index is 1080. The third kappa shape index (κ3) is 4.07. The second-order valence-corrected chi connectivity index (χ2v) is 5.92. The van der Waals surface area contributed by atoms with E-state index in [1.54, 1.807) is 0 Å². The van der Waals surface area contributed by atoms with Gasteiger partial charge in [0.15, 0.2) is 29.1 Å². The van der Waals surface area contributed by atoms with E-state index in [-0.39, 0.29) is 29.8 Å². The highest BCUT2D eigenvalue weighted by Crippen LogP contribution is 2.20. The number of hydrogen-bond acceptors (Lipinski definition) is 5. The minimum atomic E-state index is -1.54. The quantitative estimate of drug-likeness (QED) is 0.290. The van der Waals surface area contributed by atoms with E-state index in [2.05, 4.69) is 15.5 Å². The molecule has 0 saturated carbocycles. The van der Waals surface area contributed by atoms with Crippen LogP contribution in [0.15, 0.2) is 24.5 Å². The Morgan fingerprint density at radius 3 is 2.48 bits per heavy atom.